The molecule has 0 fully saturated rings. The SMILES string of the molecule is CC1(C)c2cc(/C=C/c3ccc4ccc5c(N6c7ccccc7Oc7ccccc76)ccc6ccc3c4c65)ccc2-c2ccc(N3C4=C(C=CCC4)Oc4ccccc43)cc21. The van der Waals surface area contributed by atoms with E-state index in [0.717, 1.165) is 58.6 Å². The number of benzene rings is 9. The third-order valence-corrected chi connectivity index (χ3v) is 13.4. The van der Waals surface area contributed by atoms with Crippen molar-refractivity contribution in [2.24, 2.45) is 0 Å². The normalized spacial score (nSPS) is 15.7. The Morgan fingerprint density at radius 3 is 1.89 bits per heavy atom. The molecule has 0 bridgehead atoms. The molecule has 0 radical (unpaired) electrons. The number of hydrogen-bond donors (Lipinski definition) is 0. The van der Waals surface area contributed by atoms with Crippen molar-refractivity contribution in [3.8, 4) is 28.4 Å². The van der Waals surface area contributed by atoms with Crippen molar-refractivity contribution >= 4 is 72.9 Å². The number of nitrogens with zero attached hydrogens (tertiary/aromatic N) is 2. The summed E-state index contributed by atoms with van der Waals surface area (Å²) in [6.07, 6.45) is 10.9. The van der Waals surface area contributed by atoms with Gasteiger partial charge in [0.15, 0.2) is 17.2 Å². The van der Waals surface area contributed by atoms with Gasteiger partial charge in [0.1, 0.15) is 5.76 Å². The fourth-order valence-corrected chi connectivity index (χ4v) is 10.5. The van der Waals surface area contributed by atoms with Crippen molar-refractivity contribution in [2.45, 2.75) is 32.1 Å². The number of allylic oxidation sites excluding steroid dienone is 3. The van der Waals surface area contributed by atoms with Crippen molar-refractivity contribution in [1.82, 2.24) is 0 Å². The molecule has 9 aromatic carbocycles. The van der Waals surface area contributed by atoms with Crippen molar-refractivity contribution < 1.29 is 9.47 Å². The average molecular weight is 785 g/mol. The third-order valence-electron chi connectivity index (χ3n) is 13.4. The molecular formula is C57H40N2O2. The molecule has 0 atom stereocenters. The van der Waals surface area contributed by atoms with Crippen LogP contribution in [0.15, 0.2) is 181 Å². The van der Waals surface area contributed by atoms with Crippen LogP contribution in [0.4, 0.5) is 28.4 Å². The zero-order valence-electron chi connectivity index (χ0n) is 33.9. The minimum absolute atomic E-state index is 0.174. The van der Waals surface area contributed by atoms with Gasteiger partial charge >= 0.3 is 0 Å². The van der Waals surface area contributed by atoms with Crippen LogP contribution in [-0.4, -0.2) is 0 Å². The van der Waals surface area contributed by atoms with Gasteiger partial charge in [-0.15, -0.1) is 0 Å². The number of ether oxygens (including phenoxy) is 2. The molecule has 13 rings (SSSR count). The maximum Gasteiger partial charge on any atom is 0.151 e. The Labute approximate surface area is 354 Å². The Hall–Kier alpha value is -7.56. The van der Waals surface area contributed by atoms with E-state index in [0.29, 0.717) is 0 Å². The highest BCUT2D eigenvalue weighted by molar-refractivity contribution is 6.27. The Kier molecular flexibility index (Phi) is 7.16. The highest BCUT2D eigenvalue weighted by Crippen LogP contribution is 2.54. The van der Waals surface area contributed by atoms with Gasteiger partial charge in [0.25, 0.3) is 0 Å². The van der Waals surface area contributed by atoms with Gasteiger partial charge in [-0.05, 0) is 134 Å². The molecule has 290 valence electrons. The molecule has 0 saturated heterocycles. The first kappa shape index (κ1) is 34.3. The number of fused-ring (bicyclic) bond motifs is 6. The van der Waals surface area contributed by atoms with E-state index in [1.54, 1.807) is 0 Å². The zero-order valence-corrected chi connectivity index (χ0v) is 33.9. The van der Waals surface area contributed by atoms with E-state index in [9.17, 15) is 0 Å². The fourth-order valence-electron chi connectivity index (χ4n) is 10.5. The molecule has 9 aromatic rings. The van der Waals surface area contributed by atoms with Crippen LogP contribution in [-0.2, 0) is 5.41 Å². The van der Waals surface area contributed by atoms with Gasteiger partial charge in [0.2, 0.25) is 0 Å². The second kappa shape index (κ2) is 12.7. The van der Waals surface area contributed by atoms with Crippen LogP contribution < -0.4 is 19.3 Å². The van der Waals surface area contributed by atoms with E-state index in [1.807, 2.05) is 12.1 Å². The molecule has 2 aliphatic heterocycles. The van der Waals surface area contributed by atoms with Crippen molar-refractivity contribution in [2.75, 3.05) is 9.80 Å². The zero-order chi connectivity index (χ0) is 40.4. The van der Waals surface area contributed by atoms with Crippen molar-refractivity contribution in [3.05, 3.63) is 204 Å². The van der Waals surface area contributed by atoms with Crippen LogP contribution >= 0.6 is 0 Å². The second-order valence-corrected chi connectivity index (χ2v) is 17.2. The fraction of sp³-hybridized carbons (Fsp3) is 0.0877. The smallest absolute Gasteiger partial charge is 0.151 e. The summed E-state index contributed by atoms with van der Waals surface area (Å²) in [7, 11) is 0. The molecule has 0 amide bonds. The monoisotopic (exact) mass is 784 g/mol. The molecular weight excluding hydrogens is 745 g/mol. The molecule has 4 aliphatic rings. The average Bonchev–Trinajstić information content (AvgIpc) is 3.53. The third kappa shape index (κ3) is 4.99. The minimum atomic E-state index is -0.174. The van der Waals surface area contributed by atoms with Gasteiger partial charge in [0, 0.05) is 16.5 Å². The molecule has 2 aliphatic carbocycles. The molecule has 0 unspecified atom stereocenters. The van der Waals surface area contributed by atoms with E-state index >= 15 is 0 Å². The lowest BCUT2D eigenvalue weighted by Crippen LogP contribution is -2.25. The molecule has 0 spiro atoms. The van der Waals surface area contributed by atoms with Crippen molar-refractivity contribution in [3.63, 3.8) is 0 Å². The molecule has 4 nitrogen and oxygen atoms in total. The van der Waals surface area contributed by atoms with Gasteiger partial charge in [-0.1, -0.05) is 135 Å². The quantitative estimate of drug-likeness (QED) is 0.131. The summed E-state index contributed by atoms with van der Waals surface area (Å²) in [5.41, 5.74) is 14.3. The lowest BCUT2D eigenvalue weighted by molar-refractivity contribution is 0.421. The van der Waals surface area contributed by atoms with Crippen LogP contribution in [0.3, 0.4) is 0 Å². The maximum absolute atomic E-state index is 6.38. The molecule has 61 heavy (non-hydrogen) atoms. The van der Waals surface area contributed by atoms with Crippen LogP contribution in [0.5, 0.6) is 17.2 Å². The van der Waals surface area contributed by atoms with E-state index in [2.05, 4.69) is 194 Å². The van der Waals surface area contributed by atoms with Gasteiger partial charge in [-0.25, -0.2) is 0 Å². The summed E-state index contributed by atoms with van der Waals surface area (Å²) < 4.78 is 12.8. The van der Waals surface area contributed by atoms with Crippen LogP contribution in [0, 0.1) is 0 Å². The van der Waals surface area contributed by atoms with Gasteiger partial charge in [-0.2, -0.15) is 0 Å². The van der Waals surface area contributed by atoms with E-state index in [-0.39, 0.29) is 5.41 Å². The minimum Gasteiger partial charge on any atom is -0.453 e. The topological polar surface area (TPSA) is 24.9 Å². The van der Waals surface area contributed by atoms with Crippen LogP contribution in [0.2, 0.25) is 0 Å². The lowest BCUT2D eigenvalue weighted by Gasteiger charge is -2.36. The number of anilines is 5. The number of hydrogen-bond acceptors (Lipinski definition) is 4. The summed E-state index contributed by atoms with van der Waals surface area (Å²) >= 11 is 0. The lowest BCUT2D eigenvalue weighted by atomic mass is 9.81. The number of rotatable bonds is 4. The summed E-state index contributed by atoms with van der Waals surface area (Å²) in [5, 5.41) is 7.54. The highest BCUT2D eigenvalue weighted by Gasteiger charge is 2.37. The second-order valence-electron chi connectivity index (χ2n) is 17.2. The van der Waals surface area contributed by atoms with E-state index < -0.39 is 0 Å². The summed E-state index contributed by atoms with van der Waals surface area (Å²) in [4.78, 5) is 4.78. The van der Waals surface area contributed by atoms with Crippen LogP contribution in [0.1, 0.15) is 48.9 Å². The number of para-hydroxylation sites is 6. The summed E-state index contributed by atoms with van der Waals surface area (Å²) in [6, 6.07) is 57.3. The predicted octanol–water partition coefficient (Wildman–Crippen LogP) is 15.7. The molecule has 0 saturated carbocycles. The Balaban J connectivity index is 0.876. The first-order valence-corrected chi connectivity index (χ1v) is 21.3. The predicted molar refractivity (Wildman–Crippen MR) is 252 cm³/mol. The van der Waals surface area contributed by atoms with Gasteiger partial charge < -0.3 is 19.3 Å². The molecule has 0 N–H and O–H groups in total. The highest BCUT2D eigenvalue weighted by atomic mass is 16.5. The summed E-state index contributed by atoms with van der Waals surface area (Å²) in [5.74, 6) is 3.56. The molecule has 2 heterocycles. The van der Waals surface area contributed by atoms with Crippen molar-refractivity contribution in [1.29, 1.82) is 0 Å². The van der Waals surface area contributed by atoms with Crippen LogP contribution in [0.25, 0.3) is 55.6 Å². The maximum atomic E-state index is 6.38. The molecule has 0 aromatic heterocycles. The first-order valence-electron chi connectivity index (χ1n) is 21.3. The van der Waals surface area contributed by atoms with Gasteiger partial charge in [0.05, 0.1) is 28.4 Å². The first-order chi connectivity index (χ1) is 30.0. The summed E-state index contributed by atoms with van der Waals surface area (Å²) in [6.45, 7) is 4.75. The van der Waals surface area contributed by atoms with Gasteiger partial charge in [-0.3, -0.25) is 0 Å². The Bertz CT molecular complexity index is 3380. The Morgan fingerprint density at radius 2 is 1.13 bits per heavy atom. The van der Waals surface area contributed by atoms with E-state index in [4.69, 9.17) is 9.47 Å². The Morgan fingerprint density at radius 1 is 0.525 bits per heavy atom. The standard InChI is InChI=1S/C57H40N2O2/c1-57(2)44-33-35(20-28-41(44)42-31-27-39(34-45(42)57)58-47-11-3-7-15-51(47)60-52-16-8-4-12-48(52)58)19-21-36-22-23-37-25-30-43-46(32-26-38-24-29-40(36)55(37)56(38)43)59-49-13-5-9-17-53(49)61-54-18-10-6-14-50(54)59/h3,5-11,13-34H,4,12H2,1-2H3/b21-19+. The largest absolute Gasteiger partial charge is 0.453 e. The molecule has 4 heteroatoms. The van der Waals surface area contributed by atoms with E-state index in [1.165, 1.54) is 77.1 Å².